The molecule has 0 aliphatic heterocycles. The van der Waals surface area contributed by atoms with Gasteiger partial charge in [-0.25, -0.2) is 4.98 Å². The molecule has 0 aliphatic carbocycles. The van der Waals surface area contributed by atoms with Crippen molar-refractivity contribution >= 4 is 27.5 Å². The molecule has 0 aliphatic rings. The van der Waals surface area contributed by atoms with E-state index >= 15 is 0 Å². The van der Waals surface area contributed by atoms with Crippen LogP contribution in [0.3, 0.4) is 0 Å². The quantitative estimate of drug-likeness (QED) is 0.728. The second kappa shape index (κ2) is 7.19. The fourth-order valence-corrected chi connectivity index (χ4v) is 3.89. The molecule has 3 aromatic rings. The first-order valence-electron chi connectivity index (χ1n) is 8.31. The van der Waals surface area contributed by atoms with Crippen LogP contribution >= 0.6 is 11.3 Å². The van der Waals surface area contributed by atoms with Crippen LogP contribution in [-0.2, 0) is 17.8 Å². The Balaban J connectivity index is 2.06. The van der Waals surface area contributed by atoms with E-state index in [1.165, 1.54) is 16.9 Å². The number of hydrogen-bond acceptors (Lipinski definition) is 4. The van der Waals surface area contributed by atoms with Gasteiger partial charge in [-0.05, 0) is 30.9 Å². The minimum atomic E-state index is -0.855. The molecule has 2 aromatic heterocycles. The summed E-state index contributed by atoms with van der Waals surface area (Å²) in [6.45, 7) is 4.26. The molecular formula is C19H20N2O3S. The fourth-order valence-electron chi connectivity index (χ4n) is 2.91. The zero-order chi connectivity index (χ0) is 18.0. The molecule has 1 N–H and O–H groups in total. The van der Waals surface area contributed by atoms with Crippen molar-refractivity contribution in [3.05, 3.63) is 51.4 Å². The van der Waals surface area contributed by atoms with Gasteiger partial charge < -0.3 is 5.11 Å². The molecule has 1 aromatic carbocycles. The summed E-state index contributed by atoms with van der Waals surface area (Å²) in [6.07, 6.45) is 1.43. The van der Waals surface area contributed by atoms with Gasteiger partial charge in [0.05, 0.1) is 5.39 Å². The minimum absolute atomic E-state index is 0.0406. The molecule has 0 atom stereocenters. The Bertz CT molecular complexity index is 971. The topological polar surface area (TPSA) is 72.2 Å². The van der Waals surface area contributed by atoms with Crippen molar-refractivity contribution in [3.63, 3.8) is 0 Å². The van der Waals surface area contributed by atoms with Gasteiger partial charge in [0.15, 0.2) is 0 Å². The van der Waals surface area contributed by atoms with Crippen LogP contribution in [0.2, 0.25) is 0 Å². The van der Waals surface area contributed by atoms with E-state index in [1.54, 1.807) is 11.5 Å². The number of aromatic nitrogens is 2. The lowest BCUT2D eigenvalue weighted by Crippen LogP contribution is -2.24. The summed E-state index contributed by atoms with van der Waals surface area (Å²) in [5, 5.41) is 11.4. The highest BCUT2D eigenvalue weighted by Gasteiger charge is 2.15. The number of carboxylic acids is 1. The van der Waals surface area contributed by atoms with Gasteiger partial charge in [-0.1, -0.05) is 31.2 Å². The maximum atomic E-state index is 13.0. The lowest BCUT2D eigenvalue weighted by molar-refractivity contribution is -0.137. The molecular weight excluding hydrogens is 336 g/mol. The number of thiophene rings is 1. The largest absolute Gasteiger partial charge is 0.481 e. The van der Waals surface area contributed by atoms with Gasteiger partial charge in [0.25, 0.3) is 5.56 Å². The van der Waals surface area contributed by atoms with Gasteiger partial charge in [0, 0.05) is 23.9 Å². The number of aliphatic carboxylic acids is 1. The third kappa shape index (κ3) is 3.49. The number of rotatable bonds is 6. The maximum Gasteiger partial charge on any atom is 0.303 e. The second-order valence-electron chi connectivity index (χ2n) is 5.99. The normalized spacial score (nSPS) is 11.1. The molecule has 130 valence electrons. The van der Waals surface area contributed by atoms with E-state index in [4.69, 9.17) is 5.11 Å². The van der Waals surface area contributed by atoms with Crippen molar-refractivity contribution in [2.75, 3.05) is 0 Å². The Kier molecular flexibility index (Phi) is 4.99. The number of carbonyl (C=O) groups is 1. The highest BCUT2D eigenvalue weighted by molar-refractivity contribution is 7.17. The first-order chi connectivity index (χ1) is 12.0. The molecule has 0 unspecified atom stereocenters. The summed E-state index contributed by atoms with van der Waals surface area (Å²) in [5.74, 6) is -0.232. The number of carboxylic acid groups (broad SMARTS) is 1. The summed E-state index contributed by atoms with van der Waals surface area (Å²) in [4.78, 5) is 29.0. The average Bonchev–Trinajstić information content (AvgIpc) is 3.01. The molecule has 0 radical (unpaired) electrons. The Labute approximate surface area is 149 Å². The van der Waals surface area contributed by atoms with Crippen LogP contribution in [0.4, 0.5) is 0 Å². The third-order valence-corrected chi connectivity index (χ3v) is 5.20. The zero-order valence-electron chi connectivity index (χ0n) is 14.3. The van der Waals surface area contributed by atoms with Crippen LogP contribution in [0.15, 0.2) is 34.4 Å². The van der Waals surface area contributed by atoms with Gasteiger partial charge in [-0.2, -0.15) is 0 Å². The van der Waals surface area contributed by atoms with E-state index in [1.807, 2.05) is 17.5 Å². The van der Waals surface area contributed by atoms with Crippen molar-refractivity contribution < 1.29 is 9.90 Å². The molecule has 0 saturated heterocycles. The Morgan fingerprint density at radius 1 is 1.28 bits per heavy atom. The second-order valence-corrected chi connectivity index (χ2v) is 6.85. The van der Waals surface area contributed by atoms with Crippen LogP contribution in [0, 0.1) is 6.92 Å². The SMILES string of the molecule is CCc1ccc(-c2csc3nc(C)n(CCCC(=O)O)c(=O)c23)cc1. The standard InChI is InChI=1S/C19H20N2O3S/c1-3-13-6-8-14(9-7-13)15-11-25-18-17(15)19(24)21(12(2)20-18)10-4-5-16(22)23/h6-9,11H,3-5,10H2,1-2H3,(H,22,23). The molecule has 5 nitrogen and oxygen atoms in total. The monoisotopic (exact) mass is 356 g/mol. The summed E-state index contributed by atoms with van der Waals surface area (Å²) < 4.78 is 1.59. The van der Waals surface area contributed by atoms with Crippen LogP contribution in [0.1, 0.15) is 31.2 Å². The van der Waals surface area contributed by atoms with Gasteiger partial charge >= 0.3 is 5.97 Å². The smallest absolute Gasteiger partial charge is 0.303 e. The molecule has 25 heavy (non-hydrogen) atoms. The number of benzene rings is 1. The maximum absolute atomic E-state index is 13.0. The van der Waals surface area contributed by atoms with Crippen molar-refractivity contribution in [1.29, 1.82) is 0 Å². The Morgan fingerprint density at radius 3 is 2.64 bits per heavy atom. The molecule has 3 rings (SSSR count). The highest BCUT2D eigenvalue weighted by Crippen LogP contribution is 2.31. The molecule has 6 heteroatoms. The van der Waals surface area contributed by atoms with E-state index in [0.29, 0.717) is 24.2 Å². The van der Waals surface area contributed by atoms with Crippen molar-refractivity contribution in [3.8, 4) is 11.1 Å². The van der Waals surface area contributed by atoms with Gasteiger partial charge in [-0.3, -0.25) is 14.2 Å². The van der Waals surface area contributed by atoms with Gasteiger partial charge in [0.2, 0.25) is 0 Å². The predicted molar refractivity (Wildman–Crippen MR) is 100 cm³/mol. The Morgan fingerprint density at radius 2 is 2.00 bits per heavy atom. The summed E-state index contributed by atoms with van der Waals surface area (Å²) in [5.41, 5.74) is 3.06. The van der Waals surface area contributed by atoms with E-state index in [2.05, 4.69) is 24.0 Å². The number of aryl methyl sites for hydroxylation is 2. The summed E-state index contributed by atoms with van der Waals surface area (Å²) >= 11 is 1.47. The van der Waals surface area contributed by atoms with Crippen LogP contribution in [-0.4, -0.2) is 20.6 Å². The first kappa shape index (κ1) is 17.4. The van der Waals surface area contributed by atoms with Crippen molar-refractivity contribution in [2.45, 2.75) is 39.7 Å². The molecule has 0 amide bonds. The molecule has 0 fully saturated rings. The van der Waals surface area contributed by atoms with Crippen LogP contribution in [0.25, 0.3) is 21.3 Å². The highest BCUT2D eigenvalue weighted by atomic mass is 32.1. The average molecular weight is 356 g/mol. The number of nitrogens with zero attached hydrogens (tertiary/aromatic N) is 2. The zero-order valence-corrected chi connectivity index (χ0v) is 15.1. The third-order valence-electron chi connectivity index (χ3n) is 4.33. The van der Waals surface area contributed by atoms with E-state index in [0.717, 1.165) is 22.4 Å². The summed E-state index contributed by atoms with van der Waals surface area (Å²) in [6, 6.07) is 8.22. The number of hydrogen-bond donors (Lipinski definition) is 1. The van der Waals surface area contributed by atoms with Gasteiger partial charge in [0.1, 0.15) is 10.7 Å². The predicted octanol–water partition coefficient (Wildman–Crippen LogP) is 3.86. The molecule has 0 spiro atoms. The first-order valence-corrected chi connectivity index (χ1v) is 9.19. The molecule has 2 heterocycles. The van der Waals surface area contributed by atoms with Crippen LogP contribution < -0.4 is 5.56 Å². The lowest BCUT2D eigenvalue weighted by atomic mass is 10.0. The molecule has 0 bridgehead atoms. The molecule has 0 saturated carbocycles. The van der Waals surface area contributed by atoms with E-state index < -0.39 is 5.97 Å². The lowest BCUT2D eigenvalue weighted by Gasteiger charge is -2.09. The minimum Gasteiger partial charge on any atom is -0.481 e. The fraction of sp³-hybridized carbons (Fsp3) is 0.316. The van der Waals surface area contributed by atoms with Gasteiger partial charge in [-0.15, -0.1) is 11.3 Å². The number of fused-ring (bicyclic) bond motifs is 1. The summed E-state index contributed by atoms with van der Waals surface area (Å²) in [7, 11) is 0. The van der Waals surface area contributed by atoms with Crippen molar-refractivity contribution in [2.24, 2.45) is 0 Å². The Hall–Kier alpha value is -2.47. The van der Waals surface area contributed by atoms with Crippen LogP contribution in [0.5, 0.6) is 0 Å². The van der Waals surface area contributed by atoms with E-state index in [9.17, 15) is 9.59 Å². The van der Waals surface area contributed by atoms with E-state index in [-0.39, 0.29) is 12.0 Å². The van der Waals surface area contributed by atoms with Crippen molar-refractivity contribution in [1.82, 2.24) is 9.55 Å².